The molecular weight excluding hydrogens is 350 g/mol. The molecule has 1 N–H and O–H groups in total. The minimum absolute atomic E-state index is 0.0780. The number of hydrogen-bond acceptors (Lipinski definition) is 5. The Hall–Kier alpha value is -1.73. The van der Waals surface area contributed by atoms with Crippen LogP contribution in [0.4, 0.5) is 0 Å². The van der Waals surface area contributed by atoms with Gasteiger partial charge in [-0.1, -0.05) is 15.9 Å². The van der Waals surface area contributed by atoms with Crippen molar-refractivity contribution < 1.29 is 14.3 Å². The number of ether oxygens (including phenoxy) is 2. The van der Waals surface area contributed by atoms with Gasteiger partial charge in [-0.3, -0.25) is 4.79 Å². The van der Waals surface area contributed by atoms with Crippen LogP contribution in [0.25, 0.3) is 10.9 Å². The van der Waals surface area contributed by atoms with Gasteiger partial charge in [0.1, 0.15) is 6.33 Å². The maximum absolute atomic E-state index is 11.8. The summed E-state index contributed by atoms with van der Waals surface area (Å²) in [5, 5.41) is 3.58. The average Bonchev–Trinajstić information content (AvgIpc) is 3.04. The van der Waals surface area contributed by atoms with Gasteiger partial charge in [0, 0.05) is 17.6 Å². The van der Waals surface area contributed by atoms with Gasteiger partial charge in [-0.25, -0.2) is 9.97 Å². The minimum Gasteiger partial charge on any atom is -0.467 e. The van der Waals surface area contributed by atoms with E-state index in [9.17, 15) is 4.79 Å². The summed E-state index contributed by atoms with van der Waals surface area (Å²) >= 11 is 3.40. The van der Waals surface area contributed by atoms with Crippen LogP contribution in [-0.2, 0) is 9.53 Å². The normalized spacial score (nSPS) is 17.6. The predicted molar refractivity (Wildman–Crippen MR) is 84.7 cm³/mol. The first kappa shape index (κ1) is 15.2. The molecule has 1 saturated heterocycles. The van der Waals surface area contributed by atoms with Crippen LogP contribution < -0.4 is 10.1 Å². The smallest absolute Gasteiger partial charge is 0.258 e. The van der Waals surface area contributed by atoms with Crippen molar-refractivity contribution in [1.29, 1.82) is 0 Å². The lowest BCUT2D eigenvalue weighted by Crippen LogP contribution is -2.35. The number of carbonyl (C=O) groups is 1. The second kappa shape index (κ2) is 7.02. The molecule has 0 radical (unpaired) electrons. The Morgan fingerprint density at radius 2 is 2.36 bits per heavy atom. The lowest BCUT2D eigenvalue weighted by molar-refractivity contribution is -0.123. The third kappa shape index (κ3) is 3.72. The fraction of sp³-hybridized carbons (Fsp3) is 0.400. The van der Waals surface area contributed by atoms with Crippen molar-refractivity contribution in [1.82, 2.24) is 15.3 Å². The van der Waals surface area contributed by atoms with Gasteiger partial charge in [-0.15, -0.1) is 0 Å². The van der Waals surface area contributed by atoms with Crippen molar-refractivity contribution in [2.45, 2.75) is 18.9 Å². The largest absolute Gasteiger partial charge is 0.467 e. The molecule has 0 unspecified atom stereocenters. The number of halogens is 1. The summed E-state index contributed by atoms with van der Waals surface area (Å²) in [6, 6.07) is 5.63. The van der Waals surface area contributed by atoms with Crippen molar-refractivity contribution >= 4 is 32.7 Å². The molecular formula is C15H16BrN3O3. The van der Waals surface area contributed by atoms with E-state index in [0.29, 0.717) is 12.4 Å². The van der Waals surface area contributed by atoms with E-state index in [-0.39, 0.29) is 18.6 Å². The first-order valence-corrected chi connectivity index (χ1v) is 7.93. The molecule has 3 rings (SSSR count). The van der Waals surface area contributed by atoms with E-state index < -0.39 is 0 Å². The summed E-state index contributed by atoms with van der Waals surface area (Å²) in [5.74, 6) is 0.218. The zero-order chi connectivity index (χ0) is 15.4. The minimum atomic E-state index is -0.183. The van der Waals surface area contributed by atoms with E-state index in [0.717, 1.165) is 34.8 Å². The molecule has 1 aliphatic rings. The summed E-state index contributed by atoms with van der Waals surface area (Å²) in [5.41, 5.74) is 0.771. The Morgan fingerprint density at radius 1 is 1.45 bits per heavy atom. The number of rotatable bonds is 5. The quantitative estimate of drug-likeness (QED) is 0.877. The number of nitrogens with one attached hydrogen (secondary N) is 1. The second-order valence-corrected chi connectivity index (χ2v) is 5.98. The number of aromatic nitrogens is 2. The molecule has 1 amide bonds. The molecule has 6 nitrogen and oxygen atoms in total. The van der Waals surface area contributed by atoms with E-state index in [1.807, 2.05) is 18.2 Å². The van der Waals surface area contributed by atoms with Gasteiger partial charge >= 0.3 is 0 Å². The Kier molecular flexibility index (Phi) is 4.84. The number of nitrogens with zero attached hydrogens (tertiary/aromatic N) is 2. The Bertz CT molecular complexity index is 674. The lowest BCUT2D eigenvalue weighted by atomic mass is 10.2. The molecule has 1 atom stereocenters. The Labute approximate surface area is 136 Å². The van der Waals surface area contributed by atoms with E-state index >= 15 is 0 Å². The SMILES string of the molecule is O=C(COc1ncnc2ccc(Br)cc12)NC[C@@H]1CCCO1. The highest BCUT2D eigenvalue weighted by molar-refractivity contribution is 9.10. The maximum atomic E-state index is 11.8. The first-order chi connectivity index (χ1) is 10.7. The second-order valence-electron chi connectivity index (χ2n) is 5.07. The summed E-state index contributed by atoms with van der Waals surface area (Å²) in [6.45, 7) is 1.22. The highest BCUT2D eigenvalue weighted by Gasteiger charge is 2.16. The van der Waals surface area contributed by atoms with Crippen molar-refractivity contribution in [3.8, 4) is 5.88 Å². The zero-order valence-corrected chi connectivity index (χ0v) is 13.5. The highest BCUT2D eigenvalue weighted by Crippen LogP contribution is 2.24. The molecule has 2 aromatic rings. The van der Waals surface area contributed by atoms with Crippen LogP contribution in [-0.4, -0.2) is 41.7 Å². The highest BCUT2D eigenvalue weighted by atomic mass is 79.9. The van der Waals surface area contributed by atoms with Crippen LogP contribution in [0.15, 0.2) is 29.0 Å². The fourth-order valence-corrected chi connectivity index (χ4v) is 2.70. The maximum Gasteiger partial charge on any atom is 0.258 e. The van der Waals surface area contributed by atoms with E-state index in [2.05, 4.69) is 31.2 Å². The van der Waals surface area contributed by atoms with E-state index in [4.69, 9.17) is 9.47 Å². The summed E-state index contributed by atoms with van der Waals surface area (Å²) in [6.07, 6.45) is 3.60. The monoisotopic (exact) mass is 365 g/mol. The number of hydrogen-bond donors (Lipinski definition) is 1. The molecule has 2 heterocycles. The fourth-order valence-electron chi connectivity index (χ4n) is 2.34. The predicted octanol–water partition coefficient (Wildman–Crippen LogP) is 2.07. The molecule has 1 aromatic carbocycles. The van der Waals surface area contributed by atoms with Crippen molar-refractivity contribution in [2.24, 2.45) is 0 Å². The summed E-state index contributed by atoms with van der Waals surface area (Å²) in [7, 11) is 0. The van der Waals surface area contributed by atoms with Gasteiger partial charge in [0.05, 0.1) is 17.0 Å². The van der Waals surface area contributed by atoms with Gasteiger partial charge in [-0.2, -0.15) is 0 Å². The molecule has 0 aliphatic carbocycles. The summed E-state index contributed by atoms with van der Waals surface area (Å²) in [4.78, 5) is 20.1. The lowest BCUT2D eigenvalue weighted by Gasteiger charge is -2.11. The van der Waals surface area contributed by atoms with Crippen molar-refractivity contribution in [3.05, 3.63) is 29.0 Å². The number of fused-ring (bicyclic) bond motifs is 1. The third-order valence-corrected chi connectivity index (χ3v) is 3.94. The molecule has 0 bridgehead atoms. The number of amides is 1. The van der Waals surface area contributed by atoms with Gasteiger partial charge < -0.3 is 14.8 Å². The van der Waals surface area contributed by atoms with Gasteiger partial charge in [0.2, 0.25) is 5.88 Å². The number of carbonyl (C=O) groups excluding carboxylic acids is 1. The standard InChI is InChI=1S/C15H16BrN3O3/c16-10-3-4-13-12(6-10)15(19-9-18-13)22-8-14(20)17-7-11-2-1-5-21-11/h3-4,6,9,11H,1-2,5,7-8H2,(H,17,20)/t11-/m0/s1. The van der Waals surface area contributed by atoms with Crippen LogP contribution in [0.2, 0.25) is 0 Å². The molecule has 1 aromatic heterocycles. The van der Waals surface area contributed by atoms with Gasteiger partial charge in [0.25, 0.3) is 5.91 Å². The molecule has 1 aliphatic heterocycles. The van der Waals surface area contributed by atoms with Crippen LogP contribution in [0.5, 0.6) is 5.88 Å². The van der Waals surface area contributed by atoms with E-state index in [1.54, 1.807) is 0 Å². The van der Waals surface area contributed by atoms with Crippen molar-refractivity contribution in [3.63, 3.8) is 0 Å². The topological polar surface area (TPSA) is 73.3 Å². The van der Waals surface area contributed by atoms with Gasteiger partial charge in [0.15, 0.2) is 6.61 Å². The van der Waals surface area contributed by atoms with Gasteiger partial charge in [-0.05, 0) is 31.0 Å². The first-order valence-electron chi connectivity index (χ1n) is 7.14. The molecule has 0 saturated carbocycles. The average molecular weight is 366 g/mol. The molecule has 1 fully saturated rings. The van der Waals surface area contributed by atoms with Crippen LogP contribution in [0.3, 0.4) is 0 Å². The molecule has 0 spiro atoms. The Balaban J connectivity index is 1.58. The van der Waals surface area contributed by atoms with Crippen LogP contribution in [0, 0.1) is 0 Å². The molecule has 116 valence electrons. The van der Waals surface area contributed by atoms with Crippen LogP contribution >= 0.6 is 15.9 Å². The van der Waals surface area contributed by atoms with E-state index in [1.165, 1.54) is 6.33 Å². The Morgan fingerprint density at radius 3 is 3.18 bits per heavy atom. The van der Waals surface area contributed by atoms with Crippen LogP contribution in [0.1, 0.15) is 12.8 Å². The third-order valence-electron chi connectivity index (χ3n) is 3.45. The zero-order valence-electron chi connectivity index (χ0n) is 11.9. The summed E-state index contributed by atoms with van der Waals surface area (Å²) < 4.78 is 11.9. The molecule has 7 heteroatoms. The number of benzene rings is 1. The molecule has 22 heavy (non-hydrogen) atoms. The van der Waals surface area contributed by atoms with Crippen molar-refractivity contribution in [2.75, 3.05) is 19.8 Å².